The molecule has 0 N–H and O–H groups in total. The van der Waals surface area contributed by atoms with E-state index in [1.54, 1.807) is 0 Å². The predicted octanol–water partition coefficient (Wildman–Crippen LogP) is 4.85. The number of ketones is 1. The molecule has 154 valence electrons. The number of fused-ring (bicyclic) bond motifs is 1. The number of anilines is 1. The van der Waals surface area contributed by atoms with Gasteiger partial charge in [-0.2, -0.15) is 0 Å². The number of carbonyl (C=O) groups is 1. The monoisotopic (exact) mass is 401 g/mol. The summed E-state index contributed by atoms with van der Waals surface area (Å²) < 4.78 is 8.05. The van der Waals surface area contributed by atoms with Crippen molar-refractivity contribution in [2.24, 2.45) is 5.92 Å². The molecule has 3 rings (SSSR count). The average molecular weight is 402 g/mol. The van der Waals surface area contributed by atoms with Crippen LogP contribution in [0.2, 0.25) is 25.7 Å². The molecule has 0 saturated heterocycles. The van der Waals surface area contributed by atoms with E-state index in [-0.39, 0.29) is 0 Å². The van der Waals surface area contributed by atoms with E-state index in [4.69, 9.17) is 9.72 Å². The lowest BCUT2D eigenvalue weighted by atomic mass is 9.84. The molecule has 2 aromatic heterocycles. The molecule has 1 aliphatic rings. The Morgan fingerprint density at radius 1 is 1.36 bits per heavy atom. The molecule has 0 spiro atoms. The number of rotatable bonds is 7. The van der Waals surface area contributed by atoms with Gasteiger partial charge in [-0.15, -0.1) is 0 Å². The zero-order valence-corrected chi connectivity index (χ0v) is 19.3. The van der Waals surface area contributed by atoms with E-state index in [2.05, 4.69) is 62.3 Å². The minimum absolute atomic E-state index is 0.376. The molecular weight excluding hydrogens is 366 g/mol. The molecule has 2 heterocycles. The van der Waals surface area contributed by atoms with Gasteiger partial charge in [0, 0.05) is 58.4 Å². The summed E-state index contributed by atoms with van der Waals surface area (Å²) in [6.07, 6.45) is 6.36. The van der Waals surface area contributed by atoms with Crippen LogP contribution < -0.4 is 4.90 Å². The standard InChI is InChI=1S/C22H35N3O2Si/c1-16-13-18(26)7-8-20(16)24(3)21-17(2)14-23-22-19(21)9-10-25(22)15-27-11-12-28(4,5)6/h9-10,14,16,20H,7-8,11-13,15H2,1-6H3. The highest BCUT2D eigenvalue weighted by Crippen LogP contribution is 2.35. The molecule has 0 aromatic carbocycles. The van der Waals surface area contributed by atoms with Crippen LogP contribution in [0.4, 0.5) is 5.69 Å². The Bertz CT molecular complexity index is 840. The number of carbonyl (C=O) groups excluding carboxylic acids is 1. The molecule has 1 aliphatic carbocycles. The van der Waals surface area contributed by atoms with Crippen molar-refractivity contribution in [2.75, 3.05) is 18.6 Å². The minimum Gasteiger partial charge on any atom is -0.370 e. The maximum Gasteiger partial charge on any atom is 0.143 e. The number of hydrogen-bond acceptors (Lipinski definition) is 4. The normalized spacial score (nSPS) is 20.7. The number of hydrogen-bond donors (Lipinski definition) is 0. The van der Waals surface area contributed by atoms with Crippen LogP contribution in [0.3, 0.4) is 0 Å². The highest BCUT2D eigenvalue weighted by Gasteiger charge is 2.30. The third kappa shape index (κ3) is 4.66. The van der Waals surface area contributed by atoms with E-state index in [0.717, 1.165) is 18.7 Å². The van der Waals surface area contributed by atoms with E-state index in [9.17, 15) is 4.79 Å². The summed E-state index contributed by atoms with van der Waals surface area (Å²) in [6, 6.07) is 3.71. The molecular formula is C22H35N3O2Si. The van der Waals surface area contributed by atoms with Crippen LogP contribution in [0.25, 0.3) is 11.0 Å². The van der Waals surface area contributed by atoms with Gasteiger partial charge in [0.2, 0.25) is 0 Å². The fourth-order valence-corrected chi connectivity index (χ4v) is 5.03. The molecule has 1 saturated carbocycles. The Labute approximate surface area is 170 Å². The van der Waals surface area contributed by atoms with Crippen LogP contribution in [0.1, 0.15) is 31.7 Å². The predicted molar refractivity (Wildman–Crippen MR) is 119 cm³/mol. The van der Waals surface area contributed by atoms with Crippen LogP contribution in [0, 0.1) is 12.8 Å². The van der Waals surface area contributed by atoms with Gasteiger partial charge in [0.15, 0.2) is 0 Å². The van der Waals surface area contributed by atoms with Crippen LogP contribution in [0.5, 0.6) is 0 Å². The molecule has 2 aromatic rings. The highest BCUT2D eigenvalue weighted by atomic mass is 28.3. The molecule has 0 amide bonds. The first kappa shape index (κ1) is 21.1. The number of nitrogens with zero attached hydrogens (tertiary/aromatic N) is 3. The van der Waals surface area contributed by atoms with Crippen LogP contribution >= 0.6 is 0 Å². The smallest absolute Gasteiger partial charge is 0.143 e. The van der Waals surface area contributed by atoms with Gasteiger partial charge in [-0.05, 0) is 36.9 Å². The Morgan fingerprint density at radius 3 is 2.79 bits per heavy atom. The zero-order chi connectivity index (χ0) is 20.5. The molecule has 28 heavy (non-hydrogen) atoms. The molecule has 0 radical (unpaired) electrons. The van der Waals surface area contributed by atoms with Crippen LogP contribution in [0.15, 0.2) is 18.5 Å². The van der Waals surface area contributed by atoms with E-state index in [0.29, 0.717) is 37.3 Å². The number of aromatic nitrogens is 2. The summed E-state index contributed by atoms with van der Waals surface area (Å²) in [5.41, 5.74) is 3.38. The molecule has 2 unspecified atom stereocenters. The van der Waals surface area contributed by atoms with Gasteiger partial charge < -0.3 is 14.2 Å². The SMILES string of the molecule is Cc1cnc2c(ccn2COCC[Si](C)(C)C)c1N(C)C1CCC(=O)CC1C. The van der Waals surface area contributed by atoms with Crippen molar-refractivity contribution in [3.63, 3.8) is 0 Å². The topological polar surface area (TPSA) is 47.4 Å². The first-order valence-electron chi connectivity index (χ1n) is 10.4. The molecule has 5 nitrogen and oxygen atoms in total. The second kappa shape index (κ2) is 8.37. The summed E-state index contributed by atoms with van der Waals surface area (Å²) in [5, 5.41) is 1.17. The van der Waals surface area contributed by atoms with E-state index < -0.39 is 8.07 Å². The van der Waals surface area contributed by atoms with Gasteiger partial charge in [-0.3, -0.25) is 4.79 Å². The Hall–Kier alpha value is -1.66. The third-order valence-electron chi connectivity index (χ3n) is 5.95. The van der Waals surface area contributed by atoms with E-state index >= 15 is 0 Å². The Kier molecular flexibility index (Phi) is 6.30. The van der Waals surface area contributed by atoms with Gasteiger partial charge in [-0.25, -0.2) is 4.98 Å². The van der Waals surface area contributed by atoms with Crippen molar-refractivity contribution in [2.45, 2.75) is 71.6 Å². The molecule has 2 atom stereocenters. The van der Waals surface area contributed by atoms with Crippen molar-refractivity contribution in [3.05, 3.63) is 24.0 Å². The summed E-state index contributed by atoms with van der Waals surface area (Å²) in [4.78, 5) is 18.9. The number of Topliss-reactive ketones (excluding diaryl/α,β-unsaturated/α-hetero) is 1. The van der Waals surface area contributed by atoms with Crippen molar-refractivity contribution in [1.29, 1.82) is 0 Å². The van der Waals surface area contributed by atoms with Gasteiger partial charge in [-0.1, -0.05) is 26.6 Å². The number of aryl methyl sites for hydroxylation is 1. The van der Waals surface area contributed by atoms with Crippen LogP contribution in [-0.4, -0.2) is 43.1 Å². The summed E-state index contributed by atoms with van der Waals surface area (Å²) >= 11 is 0. The maximum atomic E-state index is 11.8. The average Bonchev–Trinajstić information content (AvgIpc) is 3.00. The van der Waals surface area contributed by atoms with Gasteiger partial charge in [0.25, 0.3) is 0 Å². The Balaban J connectivity index is 1.80. The second-order valence-electron chi connectivity index (χ2n) is 9.60. The van der Waals surface area contributed by atoms with Crippen molar-refractivity contribution < 1.29 is 9.53 Å². The van der Waals surface area contributed by atoms with Gasteiger partial charge >= 0.3 is 0 Å². The quantitative estimate of drug-likeness (QED) is 0.491. The largest absolute Gasteiger partial charge is 0.370 e. The number of ether oxygens (including phenoxy) is 1. The van der Waals surface area contributed by atoms with Gasteiger partial charge in [0.05, 0.1) is 5.69 Å². The Morgan fingerprint density at radius 2 is 2.11 bits per heavy atom. The lowest BCUT2D eigenvalue weighted by molar-refractivity contribution is -0.121. The summed E-state index contributed by atoms with van der Waals surface area (Å²) in [5.74, 6) is 0.774. The summed E-state index contributed by atoms with van der Waals surface area (Å²) in [7, 11) is 1.09. The van der Waals surface area contributed by atoms with E-state index in [1.807, 2.05) is 6.20 Å². The van der Waals surface area contributed by atoms with Crippen molar-refractivity contribution >= 4 is 30.6 Å². The summed E-state index contributed by atoms with van der Waals surface area (Å²) in [6.45, 7) is 12.8. The highest BCUT2D eigenvalue weighted by molar-refractivity contribution is 6.76. The fraction of sp³-hybridized carbons (Fsp3) is 0.636. The fourth-order valence-electron chi connectivity index (χ4n) is 4.27. The van der Waals surface area contributed by atoms with Crippen molar-refractivity contribution in [3.8, 4) is 0 Å². The third-order valence-corrected chi connectivity index (χ3v) is 7.65. The lowest BCUT2D eigenvalue weighted by Gasteiger charge is -2.38. The maximum absolute atomic E-state index is 11.8. The molecule has 0 bridgehead atoms. The first-order chi connectivity index (χ1) is 13.2. The second-order valence-corrected chi connectivity index (χ2v) is 15.2. The molecule has 6 heteroatoms. The zero-order valence-electron chi connectivity index (χ0n) is 18.3. The van der Waals surface area contributed by atoms with Gasteiger partial charge in [0.1, 0.15) is 18.2 Å². The lowest BCUT2D eigenvalue weighted by Crippen LogP contribution is -2.41. The minimum atomic E-state index is -1.08. The number of pyridine rings is 1. The van der Waals surface area contributed by atoms with Crippen molar-refractivity contribution in [1.82, 2.24) is 9.55 Å². The molecule has 0 aliphatic heterocycles. The van der Waals surface area contributed by atoms with Crippen LogP contribution in [-0.2, 0) is 16.3 Å². The molecule has 1 fully saturated rings. The van der Waals surface area contributed by atoms with E-state index in [1.165, 1.54) is 22.7 Å². The first-order valence-corrected chi connectivity index (χ1v) is 14.1.